The molecule has 1 saturated heterocycles. The minimum atomic E-state index is -0.898. The fourth-order valence-corrected chi connectivity index (χ4v) is 4.09. The Morgan fingerprint density at radius 3 is 2.57 bits per heavy atom. The molecular weight excluding hydrogens is 376 g/mol. The van der Waals surface area contributed by atoms with E-state index in [0.29, 0.717) is 39.0 Å². The molecule has 1 fully saturated rings. The van der Waals surface area contributed by atoms with Crippen LogP contribution in [0.5, 0.6) is 5.75 Å². The molecule has 3 aromatic rings. The number of fused-ring (bicyclic) bond motifs is 1. The van der Waals surface area contributed by atoms with Crippen molar-refractivity contribution in [2.24, 2.45) is 0 Å². The standard InChI is InChI=1S/C25H30N2O3/c1-2-19-7-9-22(10-8-19)30-16-11-24(28)27-14-12-25(29,13-15-27)21-17-20-5-3-4-6-23(20)26-18-21/h3-10,17-18,24,28-29H,2,11-16H2,1H3. The molecule has 0 radical (unpaired) electrons. The number of aliphatic hydroxyl groups excluding tert-OH is 1. The van der Waals surface area contributed by atoms with E-state index in [4.69, 9.17) is 4.74 Å². The van der Waals surface area contributed by atoms with E-state index in [1.807, 2.05) is 47.4 Å². The number of pyridine rings is 1. The van der Waals surface area contributed by atoms with Gasteiger partial charge in [0, 0.05) is 36.7 Å². The van der Waals surface area contributed by atoms with Gasteiger partial charge in [-0.25, -0.2) is 0 Å². The van der Waals surface area contributed by atoms with Crippen LogP contribution in [-0.2, 0) is 12.0 Å². The van der Waals surface area contributed by atoms with Crippen molar-refractivity contribution in [2.75, 3.05) is 19.7 Å². The Hall–Kier alpha value is -2.47. The fourth-order valence-electron chi connectivity index (χ4n) is 4.09. The summed E-state index contributed by atoms with van der Waals surface area (Å²) in [4.78, 5) is 6.52. The van der Waals surface area contributed by atoms with Gasteiger partial charge in [0.1, 0.15) is 12.0 Å². The van der Waals surface area contributed by atoms with Crippen LogP contribution in [0.25, 0.3) is 10.9 Å². The van der Waals surface area contributed by atoms with E-state index in [9.17, 15) is 10.2 Å². The summed E-state index contributed by atoms with van der Waals surface area (Å²) in [5.74, 6) is 0.830. The van der Waals surface area contributed by atoms with E-state index < -0.39 is 11.8 Å². The summed E-state index contributed by atoms with van der Waals surface area (Å²) in [5.41, 5.74) is 2.17. The Morgan fingerprint density at radius 1 is 1.10 bits per heavy atom. The first kappa shape index (κ1) is 20.8. The molecule has 5 nitrogen and oxygen atoms in total. The molecule has 30 heavy (non-hydrogen) atoms. The monoisotopic (exact) mass is 406 g/mol. The SMILES string of the molecule is CCc1ccc(OCCC(O)N2CCC(O)(c3cnc4ccccc4c3)CC2)cc1. The summed E-state index contributed by atoms with van der Waals surface area (Å²) < 4.78 is 5.77. The van der Waals surface area contributed by atoms with Gasteiger partial charge in [0.05, 0.1) is 17.7 Å². The number of benzene rings is 2. The van der Waals surface area contributed by atoms with Crippen molar-refractivity contribution in [3.05, 3.63) is 71.9 Å². The lowest BCUT2D eigenvalue weighted by Gasteiger charge is -2.40. The molecule has 2 heterocycles. The molecule has 0 spiro atoms. The number of likely N-dealkylation sites (tertiary alicyclic amines) is 1. The highest BCUT2D eigenvalue weighted by Gasteiger charge is 2.36. The van der Waals surface area contributed by atoms with Gasteiger partial charge >= 0.3 is 0 Å². The highest BCUT2D eigenvalue weighted by atomic mass is 16.5. The zero-order valence-electron chi connectivity index (χ0n) is 17.5. The fraction of sp³-hybridized carbons (Fsp3) is 0.400. The van der Waals surface area contributed by atoms with E-state index in [1.54, 1.807) is 6.20 Å². The van der Waals surface area contributed by atoms with E-state index >= 15 is 0 Å². The molecular formula is C25H30N2O3. The van der Waals surface area contributed by atoms with Gasteiger partial charge in [-0.1, -0.05) is 37.3 Å². The maximum absolute atomic E-state index is 11.2. The Kier molecular flexibility index (Phi) is 6.32. The van der Waals surface area contributed by atoms with Crippen LogP contribution in [0.2, 0.25) is 0 Å². The van der Waals surface area contributed by atoms with E-state index in [2.05, 4.69) is 24.0 Å². The summed E-state index contributed by atoms with van der Waals surface area (Å²) in [5, 5.41) is 22.8. The lowest BCUT2D eigenvalue weighted by atomic mass is 9.84. The number of rotatable bonds is 7. The second-order valence-corrected chi connectivity index (χ2v) is 8.10. The summed E-state index contributed by atoms with van der Waals surface area (Å²) in [6.45, 7) is 3.86. The first-order valence-corrected chi connectivity index (χ1v) is 10.8. The molecule has 158 valence electrons. The highest BCUT2D eigenvalue weighted by molar-refractivity contribution is 5.78. The zero-order valence-corrected chi connectivity index (χ0v) is 17.5. The predicted octanol–water partition coefficient (Wildman–Crippen LogP) is 3.87. The maximum Gasteiger partial charge on any atom is 0.119 e. The molecule has 2 N–H and O–H groups in total. The van der Waals surface area contributed by atoms with Crippen molar-refractivity contribution in [3.8, 4) is 5.75 Å². The number of aryl methyl sites for hydroxylation is 1. The number of hydrogen-bond acceptors (Lipinski definition) is 5. The number of para-hydroxylation sites is 1. The lowest BCUT2D eigenvalue weighted by Crippen LogP contribution is -2.47. The van der Waals surface area contributed by atoms with Crippen molar-refractivity contribution >= 4 is 10.9 Å². The van der Waals surface area contributed by atoms with Crippen LogP contribution in [0.4, 0.5) is 0 Å². The van der Waals surface area contributed by atoms with Gasteiger partial charge in [0.2, 0.25) is 0 Å². The summed E-state index contributed by atoms with van der Waals surface area (Å²) in [7, 11) is 0. The molecule has 1 aliphatic heterocycles. The number of aromatic nitrogens is 1. The lowest BCUT2D eigenvalue weighted by molar-refractivity contribution is -0.0819. The quantitative estimate of drug-likeness (QED) is 0.624. The molecule has 0 saturated carbocycles. The van der Waals surface area contributed by atoms with Crippen LogP contribution in [0.15, 0.2) is 60.8 Å². The van der Waals surface area contributed by atoms with Crippen LogP contribution in [0.3, 0.4) is 0 Å². The normalized spacial score (nSPS) is 17.7. The summed E-state index contributed by atoms with van der Waals surface area (Å²) in [6.07, 6.45) is 3.90. The van der Waals surface area contributed by atoms with Crippen LogP contribution in [-0.4, -0.2) is 46.0 Å². The first-order chi connectivity index (χ1) is 14.6. The van der Waals surface area contributed by atoms with Gasteiger partial charge in [-0.2, -0.15) is 0 Å². The van der Waals surface area contributed by atoms with Crippen LogP contribution < -0.4 is 4.74 Å². The van der Waals surface area contributed by atoms with E-state index in [0.717, 1.165) is 28.6 Å². The van der Waals surface area contributed by atoms with Crippen molar-refractivity contribution in [2.45, 2.75) is 44.4 Å². The van der Waals surface area contributed by atoms with Gasteiger partial charge in [0.25, 0.3) is 0 Å². The topological polar surface area (TPSA) is 65.8 Å². The molecule has 1 aliphatic rings. The molecule has 1 unspecified atom stereocenters. The average Bonchev–Trinajstić information content (AvgIpc) is 2.79. The second-order valence-electron chi connectivity index (χ2n) is 8.10. The number of hydrogen-bond donors (Lipinski definition) is 2. The van der Waals surface area contributed by atoms with Crippen LogP contribution in [0, 0.1) is 0 Å². The third-order valence-electron chi connectivity index (χ3n) is 6.15. The third-order valence-corrected chi connectivity index (χ3v) is 6.15. The number of piperidine rings is 1. The number of aliphatic hydroxyl groups is 2. The van der Waals surface area contributed by atoms with Crippen molar-refractivity contribution in [1.29, 1.82) is 0 Å². The van der Waals surface area contributed by atoms with Crippen LogP contribution in [0.1, 0.15) is 37.3 Å². The Bertz CT molecular complexity index is 966. The van der Waals surface area contributed by atoms with Gasteiger partial charge in [0.15, 0.2) is 0 Å². The summed E-state index contributed by atoms with van der Waals surface area (Å²) in [6, 6.07) is 18.1. The van der Waals surface area contributed by atoms with Crippen molar-refractivity contribution in [1.82, 2.24) is 9.88 Å². The smallest absolute Gasteiger partial charge is 0.119 e. The van der Waals surface area contributed by atoms with E-state index in [-0.39, 0.29) is 0 Å². The molecule has 2 aromatic carbocycles. The third kappa shape index (κ3) is 4.64. The maximum atomic E-state index is 11.2. The van der Waals surface area contributed by atoms with Crippen molar-refractivity contribution < 1.29 is 14.9 Å². The largest absolute Gasteiger partial charge is 0.493 e. The molecule has 1 atom stereocenters. The molecule has 0 amide bonds. The minimum absolute atomic E-state index is 0.460. The summed E-state index contributed by atoms with van der Waals surface area (Å²) >= 11 is 0. The van der Waals surface area contributed by atoms with Gasteiger partial charge in [-0.3, -0.25) is 9.88 Å². The average molecular weight is 407 g/mol. The van der Waals surface area contributed by atoms with Crippen molar-refractivity contribution in [3.63, 3.8) is 0 Å². The molecule has 4 rings (SSSR count). The Morgan fingerprint density at radius 2 is 1.83 bits per heavy atom. The van der Waals surface area contributed by atoms with Gasteiger partial charge in [-0.15, -0.1) is 0 Å². The minimum Gasteiger partial charge on any atom is -0.493 e. The Labute approximate surface area is 177 Å². The van der Waals surface area contributed by atoms with Gasteiger partial charge in [-0.05, 0) is 49.1 Å². The number of nitrogens with zero attached hydrogens (tertiary/aromatic N) is 2. The van der Waals surface area contributed by atoms with E-state index in [1.165, 1.54) is 5.56 Å². The molecule has 5 heteroatoms. The van der Waals surface area contributed by atoms with Gasteiger partial charge < -0.3 is 14.9 Å². The molecule has 0 bridgehead atoms. The highest BCUT2D eigenvalue weighted by Crippen LogP contribution is 2.34. The molecule has 0 aliphatic carbocycles. The predicted molar refractivity (Wildman–Crippen MR) is 118 cm³/mol. The van der Waals surface area contributed by atoms with Crippen LogP contribution >= 0.6 is 0 Å². The second kappa shape index (κ2) is 9.13. The zero-order chi connectivity index (χ0) is 21.0. The first-order valence-electron chi connectivity index (χ1n) is 10.8. The molecule has 1 aromatic heterocycles. The Balaban J connectivity index is 1.29. The number of ether oxygens (including phenoxy) is 1.